The maximum absolute atomic E-state index is 11.9. The number of hydrogen-bond acceptors (Lipinski definition) is 3. The van der Waals surface area contributed by atoms with Gasteiger partial charge in [-0.1, -0.05) is 48.5 Å². The quantitative estimate of drug-likeness (QED) is 0.560. The van der Waals surface area contributed by atoms with E-state index in [-0.39, 0.29) is 6.04 Å². The Bertz CT molecular complexity index is 790. The Kier molecular flexibility index (Phi) is 3.19. The summed E-state index contributed by atoms with van der Waals surface area (Å²) in [6.07, 6.45) is 1.88. The van der Waals surface area contributed by atoms with Gasteiger partial charge in [-0.05, 0) is 24.0 Å². The van der Waals surface area contributed by atoms with Crippen LogP contribution in [0.5, 0.6) is 0 Å². The second-order valence-electron chi connectivity index (χ2n) is 5.74. The van der Waals surface area contributed by atoms with Crippen LogP contribution in [0.1, 0.15) is 24.0 Å². The number of carbonyl (C=O) groups excluding carboxylic acids is 2. The van der Waals surface area contributed by atoms with Crippen LogP contribution in [0.15, 0.2) is 53.6 Å². The molecule has 0 aliphatic heterocycles. The molecule has 0 spiro atoms. The Labute approximate surface area is 133 Å². The normalized spacial score (nSPS) is 14.7. The van der Waals surface area contributed by atoms with E-state index in [2.05, 4.69) is 15.8 Å². The molecule has 0 heterocycles. The van der Waals surface area contributed by atoms with Gasteiger partial charge in [-0.25, -0.2) is 5.43 Å². The van der Waals surface area contributed by atoms with Crippen LogP contribution in [0.2, 0.25) is 0 Å². The van der Waals surface area contributed by atoms with Crippen LogP contribution >= 0.6 is 0 Å². The lowest BCUT2D eigenvalue weighted by Crippen LogP contribution is -2.39. The summed E-state index contributed by atoms with van der Waals surface area (Å²) in [7, 11) is 0. The van der Waals surface area contributed by atoms with E-state index in [1.54, 1.807) is 0 Å². The molecule has 23 heavy (non-hydrogen) atoms. The van der Waals surface area contributed by atoms with Crippen LogP contribution in [0.3, 0.4) is 0 Å². The van der Waals surface area contributed by atoms with Crippen molar-refractivity contribution in [3.8, 4) is 11.1 Å². The first-order valence-electron chi connectivity index (χ1n) is 7.62. The van der Waals surface area contributed by atoms with Crippen molar-refractivity contribution in [1.82, 2.24) is 10.7 Å². The SMILES string of the molecule is O=C(NN=C1c2ccccc2-c2ccccc21)C(=O)NC1CC1. The van der Waals surface area contributed by atoms with Crippen LogP contribution in [-0.4, -0.2) is 23.6 Å². The number of hydrazone groups is 1. The van der Waals surface area contributed by atoms with Crippen molar-refractivity contribution in [3.63, 3.8) is 0 Å². The molecule has 4 rings (SSSR count). The molecule has 1 saturated carbocycles. The summed E-state index contributed by atoms with van der Waals surface area (Å²) in [5, 5.41) is 6.86. The van der Waals surface area contributed by atoms with Crippen molar-refractivity contribution < 1.29 is 9.59 Å². The monoisotopic (exact) mass is 305 g/mol. The second-order valence-corrected chi connectivity index (χ2v) is 5.74. The van der Waals surface area contributed by atoms with E-state index >= 15 is 0 Å². The zero-order valence-electron chi connectivity index (χ0n) is 12.4. The predicted octanol–water partition coefficient (Wildman–Crippen LogP) is 1.81. The fourth-order valence-electron chi connectivity index (χ4n) is 2.75. The van der Waals surface area contributed by atoms with Gasteiger partial charge in [-0.15, -0.1) is 0 Å². The van der Waals surface area contributed by atoms with Gasteiger partial charge in [0.25, 0.3) is 0 Å². The maximum Gasteiger partial charge on any atom is 0.329 e. The first-order valence-corrected chi connectivity index (χ1v) is 7.62. The number of nitrogens with zero attached hydrogens (tertiary/aromatic N) is 1. The summed E-state index contributed by atoms with van der Waals surface area (Å²) in [4.78, 5) is 23.6. The van der Waals surface area contributed by atoms with Crippen molar-refractivity contribution in [2.45, 2.75) is 18.9 Å². The minimum absolute atomic E-state index is 0.147. The molecule has 0 atom stereocenters. The van der Waals surface area contributed by atoms with Crippen LogP contribution < -0.4 is 10.7 Å². The Morgan fingerprint density at radius 1 is 0.826 bits per heavy atom. The smallest absolute Gasteiger partial charge is 0.329 e. The highest BCUT2D eigenvalue weighted by Crippen LogP contribution is 2.36. The fourth-order valence-corrected chi connectivity index (χ4v) is 2.75. The molecular weight excluding hydrogens is 290 g/mol. The Balaban J connectivity index is 1.63. The van der Waals surface area contributed by atoms with E-state index in [0.29, 0.717) is 5.71 Å². The largest absolute Gasteiger partial charge is 0.345 e. The molecule has 0 bridgehead atoms. The standard InChI is InChI=1S/C18H15N3O2/c22-17(19-11-9-10-11)18(23)21-20-16-14-7-3-1-5-12(14)13-6-2-4-8-15(13)16/h1-8,11H,9-10H2,(H,19,22)(H,21,23). The number of rotatable bonds is 2. The number of hydrogen-bond donors (Lipinski definition) is 2. The number of carbonyl (C=O) groups is 2. The second kappa shape index (κ2) is 5.35. The lowest BCUT2D eigenvalue weighted by molar-refractivity contribution is -0.139. The van der Waals surface area contributed by atoms with Crippen molar-refractivity contribution in [1.29, 1.82) is 0 Å². The molecule has 5 nitrogen and oxygen atoms in total. The van der Waals surface area contributed by atoms with Gasteiger partial charge in [0.05, 0.1) is 5.71 Å². The van der Waals surface area contributed by atoms with Crippen molar-refractivity contribution in [2.75, 3.05) is 0 Å². The van der Waals surface area contributed by atoms with Crippen molar-refractivity contribution >= 4 is 17.5 Å². The molecule has 0 unspecified atom stereocenters. The molecule has 1 fully saturated rings. The summed E-state index contributed by atoms with van der Waals surface area (Å²) in [5.41, 5.74) is 7.13. The highest BCUT2D eigenvalue weighted by Gasteiger charge is 2.27. The Morgan fingerprint density at radius 3 is 1.87 bits per heavy atom. The molecule has 0 saturated heterocycles. The lowest BCUT2D eigenvalue weighted by atomic mass is 10.1. The molecule has 0 aromatic heterocycles. The summed E-state index contributed by atoms with van der Waals surface area (Å²) in [6, 6.07) is 15.9. The predicted molar refractivity (Wildman–Crippen MR) is 86.8 cm³/mol. The third-order valence-electron chi connectivity index (χ3n) is 4.04. The fraction of sp³-hybridized carbons (Fsp3) is 0.167. The third kappa shape index (κ3) is 2.50. The van der Waals surface area contributed by atoms with Gasteiger partial charge in [0.15, 0.2) is 0 Å². The molecule has 2 aliphatic rings. The topological polar surface area (TPSA) is 70.6 Å². The lowest BCUT2D eigenvalue weighted by Gasteiger charge is -2.04. The zero-order valence-corrected chi connectivity index (χ0v) is 12.4. The van der Waals surface area contributed by atoms with E-state index < -0.39 is 11.8 Å². The van der Waals surface area contributed by atoms with Crippen LogP contribution in [-0.2, 0) is 9.59 Å². The summed E-state index contributed by atoms with van der Waals surface area (Å²) in [6.45, 7) is 0. The van der Waals surface area contributed by atoms with Crippen LogP contribution in [0.4, 0.5) is 0 Å². The third-order valence-corrected chi connectivity index (χ3v) is 4.04. The van der Waals surface area contributed by atoms with Gasteiger partial charge in [0.1, 0.15) is 0 Å². The maximum atomic E-state index is 11.9. The molecule has 114 valence electrons. The number of nitrogens with one attached hydrogen (secondary N) is 2. The summed E-state index contributed by atoms with van der Waals surface area (Å²) >= 11 is 0. The van der Waals surface area contributed by atoms with Crippen molar-refractivity contribution in [3.05, 3.63) is 59.7 Å². The molecule has 0 radical (unpaired) electrons. The average Bonchev–Trinajstić information content (AvgIpc) is 3.34. The molecule has 2 amide bonds. The van der Waals surface area contributed by atoms with E-state index in [1.165, 1.54) is 0 Å². The highest BCUT2D eigenvalue weighted by atomic mass is 16.2. The number of benzene rings is 2. The number of fused-ring (bicyclic) bond motifs is 3. The van der Waals surface area contributed by atoms with E-state index in [9.17, 15) is 9.59 Å². The molecular formula is C18H15N3O2. The number of amides is 2. The van der Waals surface area contributed by atoms with Gasteiger partial charge < -0.3 is 5.32 Å². The minimum Gasteiger partial charge on any atom is -0.345 e. The van der Waals surface area contributed by atoms with Gasteiger partial charge in [-0.3, -0.25) is 9.59 Å². The summed E-state index contributed by atoms with van der Waals surface area (Å²) in [5.74, 6) is -1.36. The van der Waals surface area contributed by atoms with E-state index in [1.807, 2.05) is 48.5 Å². The van der Waals surface area contributed by atoms with Gasteiger partial charge in [-0.2, -0.15) is 5.10 Å². The van der Waals surface area contributed by atoms with Crippen LogP contribution in [0.25, 0.3) is 11.1 Å². The van der Waals surface area contributed by atoms with Crippen LogP contribution in [0, 0.1) is 0 Å². The molecule has 5 heteroatoms. The Morgan fingerprint density at radius 2 is 1.35 bits per heavy atom. The first kappa shape index (κ1) is 13.7. The van der Waals surface area contributed by atoms with Gasteiger partial charge in [0, 0.05) is 17.2 Å². The zero-order chi connectivity index (χ0) is 15.8. The van der Waals surface area contributed by atoms with E-state index in [4.69, 9.17) is 0 Å². The Hall–Kier alpha value is -2.95. The average molecular weight is 305 g/mol. The van der Waals surface area contributed by atoms with Gasteiger partial charge in [0.2, 0.25) is 0 Å². The van der Waals surface area contributed by atoms with Gasteiger partial charge >= 0.3 is 11.8 Å². The highest BCUT2D eigenvalue weighted by molar-refractivity contribution is 6.35. The minimum atomic E-state index is -0.730. The summed E-state index contributed by atoms with van der Waals surface area (Å²) < 4.78 is 0. The molecule has 2 aromatic carbocycles. The molecule has 2 aromatic rings. The van der Waals surface area contributed by atoms with Crippen molar-refractivity contribution in [2.24, 2.45) is 5.10 Å². The first-order chi connectivity index (χ1) is 11.2. The molecule has 2 N–H and O–H groups in total. The van der Waals surface area contributed by atoms with E-state index in [0.717, 1.165) is 35.1 Å². The molecule has 2 aliphatic carbocycles.